The van der Waals surface area contributed by atoms with Crippen LogP contribution in [0.4, 0.5) is 0 Å². The lowest BCUT2D eigenvalue weighted by Crippen LogP contribution is -2.43. The lowest BCUT2D eigenvalue weighted by molar-refractivity contribution is 0.0891. The average molecular weight is 283 g/mol. The molecule has 5 heteroatoms. The summed E-state index contributed by atoms with van der Waals surface area (Å²) in [5.41, 5.74) is 0. The van der Waals surface area contributed by atoms with Crippen LogP contribution >= 0.6 is 11.6 Å². The minimum atomic E-state index is -0.168. The number of hydrogen-bond donors (Lipinski definition) is 1. The van der Waals surface area contributed by atoms with Crippen LogP contribution in [-0.2, 0) is 0 Å². The normalized spacial score (nSPS) is 30.5. The first-order chi connectivity index (χ1) is 9.13. The third kappa shape index (κ3) is 2.65. The van der Waals surface area contributed by atoms with Gasteiger partial charge < -0.3 is 14.6 Å². The van der Waals surface area contributed by atoms with Crippen LogP contribution in [0.15, 0.2) is 16.5 Å². The van der Waals surface area contributed by atoms with E-state index in [4.69, 9.17) is 16.0 Å². The van der Waals surface area contributed by atoms with Gasteiger partial charge in [-0.15, -0.1) is 0 Å². The molecule has 0 radical (unpaired) electrons. The highest BCUT2D eigenvalue weighted by molar-refractivity contribution is 6.29. The predicted octanol–water partition coefficient (Wildman–Crippen LogP) is 2.54. The molecule has 0 aliphatic carbocycles. The van der Waals surface area contributed by atoms with Gasteiger partial charge in [0.05, 0.1) is 0 Å². The molecule has 0 saturated carbocycles. The average Bonchev–Trinajstić information content (AvgIpc) is 2.88. The largest absolute Gasteiger partial charge is 0.440 e. The number of rotatable bonds is 3. The van der Waals surface area contributed by atoms with E-state index in [1.54, 1.807) is 12.1 Å². The van der Waals surface area contributed by atoms with Crippen molar-refractivity contribution in [1.29, 1.82) is 0 Å². The zero-order valence-electron chi connectivity index (χ0n) is 11.1. The molecular formula is C14H19ClN2O2. The quantitative estimate of drug-likeness (QED) is 0.927. The van der Waals surface area contributed by atoms with Crippen LogP contribution in [0.2, 0.25) is 5.22 Å². The molecule has 3 heterocycles. The summed E-state index contributed by atoms with van der Waals surface area (Å²) in [6.45, 7) is 0.734. The van der Waals surface area contributed by atoms with Crippen molar-refractivity contribution in [3.63, 3.8) is 0 Å². The first-order valence-electron chi connectivity index (χ1n) is 6.89. The highest BCUT2D eigenvalue weighted by Crippen LogP contribution is 2.37. The van der Waals surface area contributed by atoms with Gasteiger partial charge in [0.25, 0.3) is 5.91 Å². The van der Waals surface area contributed by atoms with E-state index in [1.165, 1.54) is 25.7 Å². The molecule has 2 bridgehead atoms. The Bertz CT molecular complexity index is 460. The topological polar surface area (TPSA) is 45.5 Å². The molecule has 2 fully saturated rings. The van der Waals surface area contributed by atoms with E-state index in [1.807, 2.05) is 0 Å². The number of halogens is 1. The van der Waals surface area contributed by atoms with Crippen LogP contribution in [0.3, 0.4) is 0 Å². The van der Waals surface area contributed by atoms with E-state index in [2.05, 4.69) is 17.3 Å². The lowest BCUT2D eigenvalue weighted by Gasteiger charge is -2.36. The van der Waals surface area contributed by atoms with Gasteiger partial charge in [-0.2, -0.15) is 0 Å². The lowest BCUT2D eigenvalue weighted by atomic mass is 9.91. The Morgan fingerprint density at radius 2 is 2.11 bits per heavy atom. The third-order valence-corrected chi connectivity index (χ3v) is 4.75. The van der Waals surface area contributed by atoms with Crippen LogP contribution in [0.25, 0.3) is 0 Å². The molecule has 2 saturated heterocycles. The molecule has 19 heavy (non-hydrogen) atoms. The minimum Gasteiger partial charge on any atom is -0.440 e. The summed E-state index contributed by atoms with van der Waals surface area (Å²) in [5, 5.41) is 3.21. The molecule has 0 aromatic carbocycles. The summed E-state index contributed by atoms with van der Waals surface area (Å²) in [6.07, 6.45) is 4.98. The summed E-state index contributed by atoms with van der Waals surface area (Å²) >= 11 is 5.66. The van der Waals surface area contributed by atoms with Crippen LogP contribution in [0.5, 0.6) is 0 Å². The van der Waals surface area contributed by atoms with Gasteiger partial charge in [0.2, 0.25) is 0 Å². The molecule has 2 aliphatic rings. The van der Waals surface area contributed by atoms with Gasteiger partial charge in [0.15, 0.2) is 11.0 Å². The zero-order valence-corrected chi connectivity index (χ0v) is 11.8. The van der Waals surface area contributed by atoms with Crippen molar-refractivity contribution in [3.8, 4) is 0 Å². The third-order valence-electron chi connectivity index (χ3n) is 4.54. The maximum absolute atomic E-state index is 11.9. The monoisotopic (exact) mass is 282 g/mol. The van der Waals surface area contributed by atoms with Crippen molar-refractivity contribution in [2.24, 2.45) is 5.92 Å². The Kier molecular flexibility index (Phi) is 3.54. The standard InChI is InChI=1S/C14H19ClN2O2/c1-17-10-2-3-11(17)7-9(6-10)8-16-14(18)12-4-5-13(15)19-12/h4-5,9-11H,2-3,6-8H2,1H3,(H,16,18). The Hall–Kier alpha value is -1.00. The number of hydrogen-bond acceptors (Lipinski definition) is 3. The van der Waals surface area contributed by atoms with Gasteiger partial charge in [-0.1, -0.05) is 0 Å². The number of fused-ring (bicyclic) bond motifs is 2. The van der Waals surface area contributed by atoms with E-state index in [-0.39, 0.29) is 11.1 Å². The number of nitrogens with one attached hydrogen (secondary N) is 1. The van der Waals surface area contributed by atoms with Gasteiger partial charge >= 0.3 is 0 Å². The fourth-order valence-electron chi connectivity index (χ4n) is 3.45. The van der Waals surface area contributed by atoms with Gasteiger partial charge in [0.1, 0.15) is 0 Å². The van der Waals surface area contributed by atoms with Crippen molar-refractivity contribution in [3.05, 3.63) is 23.1 Å². The highest BCUT2D eigenvalue weighted by atomic mass is 35.5. The zero-order chi connectivity index (χ0) is 13.4. The summed E-state index contributed by atoms with van der Waals surface area (Å²) in [5.74, 6) is 0.710. The predicted molar refractivity (Wildman–Crippen MR) is 73.3 cm³/mol. The molecule has 1 amide bonds. The maximum atomic E-state index is 11.9. The van der Waals surface area contributed by atoms with Crippen molar-refractivity contribution < 1.29 is 9.21 Å². The number of nitrogens with zero attached hydrogens (tertiary/aromatic N) is 1. The van der Waals surface area contributed by atoms with E-state index in [9.17, 15) is 4.79 Å². The molecule has 104 valence electrons. The Morgan fingerprint density at radius 3 is 2.68 bits per heavy atom. The molecule has 0 spiro atoms. The fraction of sp³-hybridized carbons (Fsp3) is 0.643. The summed E-state index contributed by atoms with van der Waals surface area (Å²) in [7, 11) is 2.22. The second kappa shape index (κ2) is 5.17. The molecule has 2 aliphatic heterocycles. The highest BCUT2D eigenvalue weighted by Gasteiger charge is 2.38. The second-order valence-electron chi connectivity index (χ2n) is 5.70. The minimum absolute atomic E-state index is 0.168. The molecule has 1 aromatic rings. The fourth-order valence-corrected chi connectivity index (χ4v) is 3.60. The van der Waals surface area contributed by atoms with Gasteiger partial charge in [-0.25, -0.2) is 0 Å². The van der Waals surface area contributed by atoms with E-state index < -0.39 is 0 Å². The van der Waals surface area contributed by atoms with Crippen LogP contribution < -0.4 is 5.32 Å². The van der Waals surface area contributed by atoms with Gasteiger partial charge in [0, 0.05) is 18.6 Å². The molecule has 1 aromatic heterocycles. The van der Waals surface area contributed by atoms with Crippen molar-refractivity contribution >= 4 is 17.5 Å². The summed E-state index contributed by atoms with van der Waals surface area (Å²) in [6, 6.07) is 4.61. The van der Waals surface area contributed by atoms with E-state index >= 15 is 0 Å². The SMILES string of the molecule is CN1C2CCC1CC(CNC(=O)c1ccc(Cl)o1)C2. The molecule has 1 N–H and O–H groups in total. The number of carbonyl (C=O) groups is 1. The Balaban J connectivity index is 1.52. The van der Waals surface area contributed by atoms with Crippen molar-refractivity contribution in [1.82, 2.24) is 10.2 Å². The molecule has 4 nitrogen and oxygen atoms in total. The smallest absolute Gasteiger partial charge is 0.287 e. The van der Waals surface area contributed by atoms with Crippen LogP contribution in [-0.4, -0.2) is 36.5 Å². The number of piperidine rings is 1. The molecule has 3 rings (SSSR count). The van der Waals surface area contributed by atoms with Crippen molar-refractivity contribution in [2.45, 2.75) is 37.8 Å². The van der Waals surface area contributed by atoms with Crippen LogP contribution in [0, 0.1) is 5.92 Å². The first kappa shape index (κ1) is 13.0. The van der Waals surface area contributed by atoms with Crippen molar-refractivity contribution in [2.75, 3.05) is 13.6 Å². The summed E-state index contributed by atoms with van der Waals surface area (Å²) < 4.78 is 5.10. The Morgan fingerprint density at radius 1 is 1.42 bits per heavy atom. The van der Waals surface area contributed by atoms with E-state index in [0.29, 0.717) is 23.8 Å². The van der Waals surface area contributed by atoms with Crippen LogP contribution in [0.1, 0.15) is 36.2 Å². The number of carbonyl (C=O) groups excluding carboxylic acids is 1. The number of furan rings is 1. The van der Waals surface area contributed by atoms with E-state index in [0.717, 1.165) is 6.54 Å². The van der Waals surface area contributed by atoms with Gasteiger partial charge in [-0.05, 0) is 62.4 Å². The Labute approximate surface area is 118 Å². The first-order valence-corrected chi connectivity index (χ1v) is 7.26. The van der Waals surface area contributed by atoms with Gasteiger partial charge in [-0.3, -0.25) is 4.79 Å². The number of amides is 1. The molecule has 2 unspecified atom stereocenters. The molecular weight excluding hydrogens is 264 g/mol. The molecule has 2 atom stereocenters. The summed E-state index contributed by atoms with van der Waals surface area (Å²) in [4.78, 5) is 14.4. The second-order valence-corrected chi connectivity index (χ2v) is 6.07. The maximum Gasteiger partial charge on any atom is 0.287 e.